The number of nitrogens with zero attached hydrogens (tertiary/aromatic N) is 5. The van der Waals surface area contributed by atoms with Gasteiger partial charge in [-0.05, 0) is 38.2 Å². The smallest absolute Gasteiger partial charge is 0.191 e. The van der Waals surface area contributed by atoms with E-state index in [0.29, 0.717) is 12.6 Å². The zero-order chi connectivity index (χ0) is 20.6. The van der Waals surface area contributed by atoms with Gasteiger partial charge < -0.3 is 15.2 Å². The van der Waals surface area contributed by atoms with Crippen molar-refractivity contribution in [2.45, 2.75) is 71.1 Å². The first-order chi connectivity index (χ1) is 14.8. The van der Waals surface area contributed by atoms with Crippen LogP contribution in [-0.4, -0.2) is 51.3 Å². The summed E-state index contributed by atoms with van der Waals surface area (Å²) in [6.07, 6.45) is 7.02. The van der Waals surface area contributed by atoms with Crippen LogP contribution in [0.4, 0.5) is 0 Å². The lowest BCUT2D eigenvalue weighted by atomic mass is 10.0. The number of aryl methyl sites for hydroxylation is 1. The van der Waals surface area contributed by atoms with Crippen LogP contribution in [0.3, 0.4) is 0 Å². The lowest BCUT2D eigenvalue weighted by Gasteiger charge is -2.33. The monoisotopic (exact) mass is 409 g/mol. The molecule has 2 aliphatic heterocycles. The first kappa shape index (κ1) is 20.8. The van der Waals surface area contributed by atoms with E-state index >= 15 is 0 Å². The van der Waals surface area contributed by atoms with E-state index in [2.05, 4.69) is 67.6 Å². The van der Waals surface area contributed by atoms with Gasteiger partial charge in [-0.25, -0.2) is 4.99 Å². The zero-order valence-electron chi connectivity index (χ0n) is 18.2. The topological polar surface area (TPSA) is 70.4 Å². The fraction of sp³-hybridized carbons (Fsp3) is 0.609. The lowest BCUT2D eigenvalue weighted by Crippen LogP contribution is -2.48. The molecule has 0 spiro atoms. The second kappa shape index (κ2) is 10.6. The molecule has 0 amide bonds. The third-order valence-corrected chi connectivity index (χ3v) is 6.09. The van der Waals surface area contributed by atoms with Crippen LogP contribution in [0.15, 0.2) is 35.3 Å². The van der Waals surface area contributed by atoms with Crippen molar-refractivity contribution in [1.82, 2.24) is 30.3 Å². The van der Waals surface area contributed by atoms with Gasteiger partial charge in [0.1, 0.15) is 12.4 Å². The summed E-state index contributed by atoms with van der Waals surface area (Å²) in [4.78, 5) is 7.38. The highest BCUT2D eigenvalue weighted by Gasteiger charge is 2.20. The molecular formula is C23H35N7. The van der Waals surface area contributed by atoms with Crippen molar-refractivity contribution in [3.05, 3.63) is 47.5 Å². The van der Waals surface area contributed by atoms with Gasteiger partial charge in [-0.2, -0.15) is 0 Å². The normalized spacial score (nSPS) is 18.6. The third kappa shape index (κ3) is 5.59. The molecule has 0 radical (unpaired) electrons. The molecule has 0 bridgehead atoms. The van der Waals surface area contributed by atoms with Crippen molar-refractivity contribution in [3.63, 3.8) is 0 Å². The molecule has 1 aromatic carbocycles. The van der Waals surface area contributed by atoms with E-state index in [9.17, 15) is 0 Å². The summed E-state index contributed by atoms with van der Waals surface area (Å²) in [5.74, 6) is 3.01. The van der Waals surface area contributed by atoms with Gasteiger partial charge in [-0.3, -0.25) is 4.90 Å². The van der Waals surface area contributed by atoms with Gasteiger partial charge >= 0.3 is 0 Å². The third-order valence-electron chi connectivity index (χ3n) is 6.09. The fourth-order valence-corrected chi connectivity index (χ4v) is 4.40. The molecule has 162 valence electrons. The summed E-state index contributed by atoms with van der Waals surface area (Å²) in [6.45, 7) is 7.85. The van der Waals surface area contributed by atoms with Crippen LogP contribution < -0.4 is 10.6 Å². The number of nitrogens with one attached hydrogen (secondary N) is 2. The second-order valence-corrected chi connectivity index (χ2v) is 8.37. The Morgan fingerprint density at radius 1 is 1.07 bits per heavy atom. The standard InChI is InChI=1S/C23H35N7/c1-2-24-23(25-17-22-28-27-21-11-7-4-8-14-30(21)22)26-20-12-15-29(16-13-20)18-19-9-5-3-6-10-19/h3,5-6,9-10,20H,2,4,7-8,11-18H2,1H3,(H2,24,25,26). The van der Waals surface area contributed by atoms with Crippen molar-refractivity contribution >= 4 is 5.96 Å². The molecule has 1 aromatic heterocycles. The van der Waals surface area contributed by atoms with E-state index in [0.717, 1.165) is 69.6 Å². The molecule has 2 N–H and O–H groups in total. The Morgan fingerprint density at radius 2 is 1.90 bits per heavy atom. The van der Waals surface area contributed by atoms with Crippen molar-refractivity contribution in [2.24, 2.45) is 4.99 Å². The van der Waals surface area contributed by atoms with Crippen LogP contribution in [0, 0.1) is 0 Å². The maximum atomic E-state index is 4.83. The molecule has 0 unspecified atom stereocenters. The molecule has 0 aliphatic carbocycles. The first-order valence-electron chi connectivity index (χ1n) is 11.5. The Kier molecular flexibility index (Phi) is 7.34. The van der Waals surface area contributed by atoms with Crippen molar-refractivity contribution < 1.29 is 0 Å². The van der Waals surface area contributed by atoms with E-state index < -0.39 is 0 Å². The minimum absolute atomic E-state index is 0.463. The van der Waals surface area contributed by atoms with Crippen molar-refractivity contribution in [3.8, 4) is 0 Å². The average Bonchev–Trinajstić information content (AvgIpc) is 3.00. The van der Waals surface area contributed by atoms with E-state index in [1.54, 1.807) is 0 Å². The van der Waals surface area contributed by atoms with Gasteiger partial charge in [0.2, 0.25) is 0 Å². The number of rotatable bonds is 6. The Labute approximate surface area is 180 Å². The Bertz CT molecular complexity index is 806. The van der Waals surface area contributed by atoms with E-state index in [1.165, 1.54) is 24.8 Å². The Balaban J connectivity index is 1.30. The second-order valence-electron chi connectivity index (χ2n) is 8.37. The molecule has 7 nitrogen and oxygen atoms in total. The van der Waals surface area contributed by atoms with Crippen LogP contribution >= 0.6 is 0 Å². The Hall–Kier alpha value is -2.41. The summed E-state index contributed by atoms with van der Waals surface area (Å²) in [7, 11) is 0. The van der Waals surface area contributed by atoms with Crippen LogP contribution in [0.1, 0.15) is 56.2 Å². The van der Waals surface area contributed by atoms with Gasteiger partial charge in [-0.15, -0.1) is 10.2 Å². The molecule has 3 heterocycles. The van der Waals surface area contributed by atoms with Gasteiger partial charge in [0.15, 0.2) is 11.8 Å². The number of piperidine rings is 1. The molecule has 7 heteroatoms. The molecule has 2 aliphatic rings. The number of benzene rings is 1. The quantitative estimate of drug-likeness (QED) is 0.567. The predicted octanol–water partition coefficient (Wildman–Crippen LogP) is 2.72. The van der Waals surface area contributed by atoms with Crippen molar-refractivity contribution in [1.29, 1.82) is 0 Å². The number of aromatic nitrogens is 3. The molecule has 0 saturated carbocycles. The van der Waals surface area contributed by atoms with Crippen LogP contribution in [-0.2, 0) is 26.1 Å². The largest absolute Gasteiger partial charge is 0.357 e. The maximum absolute atomic E-state index is 4.83. The highest BCUT2D eigenvalue weighted by Crippen LogP contribution is 2.16. The predicted molar refractivity (Wildman–Crippen MR) is 120 cm³/mol. The van der Waals surface area contributed by atoms with Gasteiger partial charge in [0, 0.05) is 45.2 Å². The van der Waals surface area contributed by atoms with Crippen LogP contribution in [0.5, 0.6) is 0 Å². The number of hydrogen-bond donors (Lipinski definition) is 2. The van der Waals surface area contributed by atoms with E-state index in [-0.39, 0.29) is 0 Å². The maximum Gasteiger partial charge on any atom is 0.191 e. The van der Waals surface area contributed by atoms with Crippen LogP contribution in [0.2, 0.25) is 0 Å². The average molecular weight is 410 g/mol. The zero-order valence-corrected chi connectivity index (χ0v) is 18.2. The minimum Gasteiger partial charge on any atom is -0.357 e. The molecule has 1 fully saturated rings. The molecule has 4 rings (SSSR count). The molecule has 2 aromatic rings. The number of guanidine groups is 1. The van der Waals surface area contributed by atoms with Gasteiger partial charge in [0.05, 0.1) is 0 Å². The first-order valence-corrected chi connectivity index (χ1v) is 11.5. The minimum atomic E-state index is 0.463. The van der Waals surface area contributed by atoms with Crippen molar-refractivity contribution in [2.75, 3.05) is 19.6 Å². The summed E-state index contributed by atoms with van der Waals surface area (Å²) in [6, 6.07) is 11.2. The summed E-state index contributed by atoms with van der Waals surface area (Å²) < 4.78 is 2.28. The fourth-order valence-electron chi connectivity index (χ4n) is 4.40. The highest BCUT2D eigenvalue weighted by atomic mass is 15.3. The highest BCUT2D eigenvalue weighted by molar-refractivity contribution is 5.80. The summed E-state index contributed by atoms with van der Waals surface area (Å²) >= 11 is 0. The summed E-state index contributed by atoms with van der Waals surface area (Å²) in [5, 5.41) is 15.9. The van der Waals surface area contributed by atoms with Crippen LogP contribution in [0.25, 0.3) is 0 Å². The number of hydrogen-bond acceptors (Lipinski definition) is 4. The lowest BCUT2D eigenvalue weighted by molar-refractivity contribution is 0.198. The van der Waals surface area contributed by atoms with E-state index in [1.807, 2.05) is 0 Å². The number of likely N-dealkylation sites (tertiary alicyclic amines) is 1. The number of aliphatic imine (C=N–C) groups is 1. The Morgan fingerprint density at radius 3 is 2.70 bits per heavy atom. The molecule has 1 saturated heterocycles. The van der Waals surface area contributed by atoms with Gasteiger partial charge in [-0.1, -0.05) is 36.8 Å². The van der Waals surface area contributed by atoms with E-state index in [4.69, 9.17) is 4.99 Å². The molecular weight excluding hydrogens is 374 g/mol. The molecule has 30 heavy (non-hydrogen) atoms. The SMILES string of the molecule is CCNC(=NCc1nnc2n1CCCCC2)NC1CCN(Cc2ccccc2)CC1. The van der Waals surface area contributed by atoms with Gasteiger partial charge in [0.25, 0.3) is 0 Å². The summed E-state index contributed by atoms with van der Waals surface area (Å²) in [5.41, 5.74) is 1.39. The molecule has 0 atom stereocenters. The number of fused-ring (bicyclic) bond motifs is 1.